The van der Waals surface area contributed by atoms with Crippen molar-refractivity contribution in [2.45, 2.75) is 25.0 Å². The SMILES string of the molecule is Cc1ccnc(N2CCN(S(=O)(=O)C3CC3)CC2)n1. The minimum absolute atomic E-state index is 0.116. The summed E-state index contributed by atoms with van der Waals surface area (Å²) in [6.07, 6.45) is 3.39. The summed E-state index contributed by atoms with van der Waals surface area (Å²) in [5.74, 6) is 0.698. The van der Waals surface area contributed by atoms with E-state index < -0.39 is 10.0 Å². The van der Waals surface area contributed by atoms with Crippen LogP contribution in [0.4, 0.5) is 5.95 Å². The van der Waals surface area contributed by atoms with E-state index in [2.05, 4.69) is 9.97 Å². The molecule has 1 aliphatic heterocycles. The molecule has 0 amide bonds. The van der Waals surface area contributed by atoms with Gasteiger partial charge in [-0.1, -0.05) is 0 Å². The molecule has 1 saturated carbocycles. The molecule has 0 atom stereocenters. The van der Waals surface area contributed by atoms with Crippen LogP contribution in [0.3, 0.4) is 0 Å². The lowest BCUT2D eigenvalue weighted by Crippen LogP contribution is -2.50. The van der Waals surface area contributed by atoms with E-state index in [4.69, 9.17) is 0 Å². The highest BCUT2D eigenvalue weighted by Gasteiger charge is 2.41. The van der Waals surface area contributed by atoms with Crippen molar-refractivity contribution in [3.63, 3.8) is 0 Å². The van der Waals surface area contributed by atoms with E-state index in [0.29, 0.717) is 32.1 Å². The van der Waals surface area contributed by atoms with E-state index in [9.17, 15) is 8.42 Å². The topological polar surface area (TPSA) is 66.4 Å². The summed E-state index contributed by atoms with van der Waals surface area (Å²) in [6.45, 7) is 4.33. The number of nitrogens with zero attached hydrogens (tertiary/aromatic N) is 4. The standard InChI is InChI=1S/C12H18N4O2S/c1-10-4-5-13-12(14-10)15-6-8-16(9-7-15)19(17,18)11-2-3-11/h4-5,11H,2-3,6-9H2,1H3. The van der Waals surface area contributed by atoms with Gasteiger partial charge in [0.2, 0.25) is 16.0 Å². The van der Waals surface area contributed by atoms with Crippen LogP contribution in [0.15, 0.2) is 12.3 Å². The first kappa shape index (κ1) is 12.8. The van der Waals surface area contributed by atoms with Gasteiger partial charge in [-0.3, -0.25) is 0 Å². The zero-order chi connectivity index (χ0) is 13.5. The molecule has 2 aliphatic rings. The summed E-state index contributed by atoms with van der Waals surface area (Å²) in [4.78, 5) is 10.7. The van der Waals surface area contributed by atoms with Crippen molar-refractivity contribution in [2.75, 3.05) is 31.1 Å². The fraction of sp³-hybridized carbons (Fsp3) is 0.667. The lowest BCUT2D eigenvalue weighted by atomic mass is 10.4. The second-order valence-electron chi connectivity index (χ2n) is 5.13. The van der Waals surface area contributed by atoms with Crippen molar-refractivity contribution in [2.24, 2.45) is 0 Å². The lowest BCUT2D eigenvalue weighted by molar-refractivity contribution is 0.382. The molecule has 0 spiro atoms. The summed E-state index contributed by atoms with van der Waals surface area (Å²) in [5.41, 5.74) is 0.929. The Bertz CT molecular complexity index is 563. The highest BCUT2D eigenvalue weighted by atomic mass is 32.2. The second kappa shape index (κ2) is 4.72. The molecule has 3 rings (SSSR count). The summed E-state index contributed by atoms with van der Waals surface area (Å²) >= 11 is 0. The van der Waals surface area contributed by atoms with Crippen LogP contribution in [0.2, 0.25) is 0 Å². The molecule has 1 aromatic rings. The number of aryl methyl sites for hydroxylation is 1. The van der Waals surface area contributed by atoms with Gasteiger partial charge in [0.05, 0.1) is 5.25 Å². The number of sulfonamides is 1. The van der Waals surface area contributed by atoms with Gasteiger partial charge in [-0.25, -0.2) is 18.4 Å². The maximum atomic E-state index is 12.1. The molecule has 1 aliphatic carbocycles. The van der Waals surface area contributed by atoms with Crippen molar-refractivity contribution < 1.29 is 8.42 Å². The van der Waals surface area contributed by atoms with Crippen molar-refractivity contribution in [1.82, 2.24) is 14.3 Å². The van der Waals surface area contributed by atoms with Gasteiger partial charge in [-0.05, 0) is 25.8 Å². The minimum Gasteiger partial charge on any atom is -0.338 e. The number of hydrogen-bond donors (Lipinski definition) is 0. The average molecular weight is 282 g/mol. The van der Waals surface area contributed by atoms with E-state index in [1.165, 1.54) is 0 Å². The summed E-state index contributed by atoms with van der Waals surface area (Å²) < 4.78 is 25.9. The lowest BCUT2D eigenvalue weighted by Gasteiger charge is -2.34. The highest BCUT2D eigenvalue weighted by molar-refractivity contribution is 7.90. The first-order valence-corrected chi connectivity index (χ1v) is 8.11. The van der Waals surface area contributed by atoms with Crippen LogP contribution in [0.5, 0.6) is 0 Å². The molecular weight excluding hydrogens is 264 g/mol. The predicted molar refractivity (Wildman–Crippen MR) is 72.5 cm³/mol. The third-order valence-corrected chi connectivity index (χ3v) is 6.01. The normalized spacial score (nSPS) is 21.6. The van der Waals surface area contributed by atoms with Crippen LogP contribution >= 0.6 is 0 Å². The van der Waals surface area contributed by atoms with Crippen molar-refractivity contribution in [3.8, 4) is 0 Å². The highest BCUT2D eigenvalue weighted by Crippen LogP contribution is 2.31. The number of piperazine rings is 1. The number of rotatable bonds is 3. The Labute approximate surface area is 113 Å². The van der Waals surface area contributed by atoms with Crippen molar-refractivity contribution in [3.05, 3.63) is 18.0 Å². The number of anilines is 1. The van der Waals surface area contributed by atoms with E-state index in [0.717, 1.165) is 18.5 Å². The molecule has 6 nitrogen and oxygen atoms in total. The molecule has 104 valence electrons. The Morgan fingerprint density at radius 3 is 2.47 bits per heavy atom. The van der Waals surface area contributed by atoms with Gasteiger partial charge in [-0.15, -0.1) is 0 Å². The van der Waals surface area contributed by atoms with Crippen LogP contribution in [0.1, 0.15) is 18.5 Å². The smallest absolute Gasteiger partial charge is 0.225 e. The van der Waals surface area contributed by atoms with Crippen LogP contribution in [-0.4, -0.2) is 54.1 Å². The molecule has 1 aromatic heterocycles. The van der Waals surface area contributed by atoms with Crippen LogP contribution in [0.25, 0.3) is 0 Å². The molecule has 0 unspecified atom stereocenters. The molecule has 2 fully saturated rings. The Hall–Kier alpha value is -1.21. The van der Waals surface area contributed by atoms with Gasteiger partial charge < -0.3 is 4.90 Å². The molecule has 0 N–H and O–H groups in total. The van der Waals surface area contributed by atoms with E-state index in [1.807, 2.05) is 17.9 Å². The monoisotopic (exact) mass is 282 g/mol. The predicted octanol–water partition coefficient (Wildman–Crippen LogP) is 0.399. The van der Waals surface area contributed by atoms with Crippen LogP contribution < -0.4 is 4.90 Å². The zero-order valence-electron chi connectivity index (χ0n) is 11.0. The largest absolute Gasteiger partial charge is 0.338 e. The first-order valence-electron chi connectivity index (χ1n) is 6.61. The molecule has 7 heteroatoms. The minimum atomic E-state index is -3.04. The molecular formula is C12H18N4O2S. The Kier molecular flexibility index (Phi) is 3.18. The van der Waals surface area contributed by atoms with E-state index in [1.54, 1.807) is 10.5 Å². The number of hydrogen-bond acceptors (Lipinski definition) is 5. The maximum Gasteiger partial charge on any atom is 0.225 e. The van der Waals surface area contributed by atoms with Crippen LogP contribution in [0, 0.1) is 6.92 Å². The van der Waals surface area contributed by atoms with Gasteiger partial charge in [0.25, 0.3) is 0 Å². The fourth-order valence-corrected chi connectivity index (χ4v) is 4.13. The number of aromatic nitrogens is 2. The summed E-state index contributed by atoms with van der Waals surface area (Å²) in [6, 6.07) is 1.86. The molecule has 0 bridgehead atoms. The molecule has 1 saturated heterocycles. The third-order valence-electron chi connectivity index (χ3n) is 3.61. The van der Waals surface area contributed by atoms with Crippen molar-refractivity contribution in [1.29, 1.82) is 0 Å². The molecule has 2 heterocycles. The Balaban J connectivity index is 1.66. The quantitative estimate of drug-likeness (QED) is 0.803. The summed E-state index contributed by atoms with van der Waals surface area (Å²) in [5, 5.41) is -0.116. The fourth-order valence-electron chi connectivity index (χ4n) is 2.31. The third kappa shape index (κ3) is 2.57. The van der Waals surface area contributed by atoms with Crippen molar-refractivity contribution >= 4 is 16.0 Å². The second-order valence-corrected chi connectivity index (χ2v) is 7.34. The molecule has 0 aromatic carbocycles. The Morgan fingerprint density at radius 1 is 1.21 bits per heavy atom. The van der Waals surface area contributed by atoms with Gasteiger partial charge in [-0.2, -0.15) is 4.31 Å². The Morgan fingerprint density at radius 2 is 1.89 bits per heavy atom. The van der Waals surface area contributed by atoms with Crippen LogP contribution in [-0.2, 0) is 10.0 Å². The molecule has 19 heavy (non-hydrogen) atoms. The summed E-state index contributed by atoms with van der Waals surface area (Å²) in [7, 11) is -3.04. The first-order chi connectivity index (χ1) is 9.07. The zero-order valence-corrected chi connectivity index (χ0v) is 11.8. The molecule has 0 radical (unpaired) electrons. The van der Waals surface area contributed by atoms with E-state index >= 15 is 0 Å². The van der Waals surface area contributed by atoms with Gasteiger partial charge in [0, 0.05) is 38.1 Å². The average Bonchev–Trinajstić information content (AvgIpc) is 3.23. The maximum absolute atomic E-state index is 12.1. The van der Waals surface area contributed by atoms with E-state index in [-0.39, 0.29) is 5.25 Å². The van der Waals surface area contributed by atoms with Gasteiger partial charge in [0.15, 0.2) is 0 Å². The van der Waals surface area contributed by atoms with Gasteiger partial charge >= 0.3 is 0 Å². The van der Waals surface area contributed by atoms with Gasteiger partial charge in [0.1, 0.15) is 0 Å².